The third-order valence-corrected chi connectivity index (χ3v) is 5.81. The summed E-state index contributed by atoms with van der Waals surface area (Å²) in [4.78, 5) is 32.0. The van der Waals surface area contributed by atoms with Crippen molar-refractivity contribution in [3.05, 3.63) is 30.0 Å². The average molecular weight is 401 g/mol. The molecule has 1 unspecified atom stereocenters. The summed E-state index contributed by atoms with van der Waals surface area (Å²) in [5, 5.41) is 1.08. The van der Waals surface area contributed by atoms with E-state index in [9.17, 15) is 9.59 Å². The molecule has 1 saturated heterocycles. The lowest BCUT2D eigenvalue weighted by atomic mass is 9.89. The number of benzene rings is 1. The highest BCUT2D eigenvalue weighted by atomic mass is 16.5. The number of urea groups is 1. The van der Waals surface area contributed by atoms with E-state index in [0.29, 0.717) is 11.6 Å². The molecular formula is C22H32N4O3. The fourth-order valence-corrected chi connectivity index (χ4v) is 4.27. The topological polar surface area (TPSA) is 91.7 Å². The van der Waals surface area contributed by atoms with E-state index in [1.807, 2.05) is 32.0 Å². The van der Waals surface area contributed by atoms with Gasteiger partial charge in [0.1, 0.15) is 6.04 Å². The van der Waals surface area contributed by atoms with Crippen LogP contribution in [0.1, 0.15) is 45.1 Å². The number of primary amides is 1. The molecule has 158 valence electrons. The number of nitrogens with zero attached hydrogens (tertiary/aromatic N) is 2. The highest BCUT2D eigenvalue weighted by molar-refractivity contribution is 6.00. The number of aromatic nitrogens is 1. The van der Waals surface area contributed by atoms with Gasteiger partial charge in [-0.1, -0.05) is 13.8 Å². The minimum Gasteiger partial charge on any atom is -0.464 e. The number of esters is 1. The van der Waals surface area contributed by atoms with Crippen molar-refractivity contribution >= 4 is 28.6 Å². The van der Waals surface area contributed by atoms with Crippen LogP contribution in [-0.2, 0) is 9.53 Å². The molecular weight excluding hydrogens is 368 g/mol. The number of H-pyrrole nitrogens is 1. The summed E-state index contributed by atoms with van der Waals surface area (Å²) < 4.78 is 5.22. The molecule has 0 bridgehead atoms. The Labute approximate surface area is 172 Å². The molecule has 2 heterocycles. The minimum absolute atomic E-state index is 0.142. The number of hydrogen-bond acceptors (Lipinski definition) is 4. The number of nitrogens with one attached hydrogen (secondary N) is 1. The van der Waals surface area contributed by atoms with E-state index in [1.54, 1.807) is 6.92 Å². The van der Waals surface area contributed by atoms with Crippen LogP contribution in [-0.4, -0.2) is 54.7 Å². The second-order valence-corrected chi connectivity index (χ2v) is 8.20. The van der Waals surface area contributed by atoms with Crippen molar-refractivity contribution in [3.63, 3.8) is 0 Å². The number of aromatic amines is 1. The van der Waals surface area contributed by atoms with Crippen LogP contribution in [0, 0.1) is 5.92 Å². The number of likely N-dealkylation sites (tertiary alicyclic amines) is 1. The van der Waals surface area contributed by atoms with Gasteiger partial charge in [-0.15, -0.1) is 0 Å². The quantitative estimate of drug-likeness (QED) is 0.727. The number of amides is 2. The molecule has 0 saturated carbocycles. The summed E-state index contributed by atoms with van der Waals surface area (Å²) in [5.74, 6) is -0.106. The van der Waals surface area contributed by atoms with Gasteiger partial charge in [-0.05, 0) is 75.5 Å². The van der Waals surface area contributed by atoms with Gasteiger partial charge in [0.25, 0.3) is 0 Å². The van der Waals surface area contributed by atoms with Crippen LogP contribution in [0.15, 0.2) is 24.4 Å². The monoisotopic (exact) mass is 400 g/mol. The molecule has 3 N–H and O–H groups in total. The molecule has 1 aliphatic rings. The first-order valence-corrected chi connectivity index (χ1v) is 10.4. The fourth-order valence-electron chi connectivity index (χ4n) is 4.27. The van der Waals surface area contributed by atoms with E-state index in [4.69, 9.17) is 10.5 Å². The van der Waals surface area contributed by atoms with Gasteiger partial charge in [0, 0.05) is 22.8 Å². The third-order valence-electron chi connectivity index (χ3n) is 5.81. The lowest BCUT2D eigenvalue weighted by Gasteiger charge is -2.31. The Bertz CT molecular complexity index is 868. The van der Waals surface area contributed by atoms with Gasteiger partial charge >= 0.3 is 12.0 Å². The predicted molar refractivity (Wildman–Crippen MR) is 115 cm³/mol. The molecule has 2 aromatic rings. The Morgan fingerprint density at radius 1 is 1.31 bits per heavy atom. The second kappa shape index (κ2) is 8.86. The Morgan fingerprint density at radius 3 is 2.59 bits per heavy atom. The van der Waals surface area contributed by atoms with Crippen LogP contribution < -0.4 is 10.6 Å². The molecule has 0 spiro atoms. The maximum Gasteiger partial charge on any atom is 0.329 e. The van der Waals surface area contributed by atoms with Crippen LogP contribution in [0.25, 0.3) is 10.9 Å². The van der Waals surface area contributed by atoms with Crippen LogP contribution in [0.5, 0.6) is 0 Å². The normalized spacial score (nSPS) is 16.9. The van der Waals surface area contributed by atoms with Crippen LogP contribution in [0.2, 0.25) is 0 Å². The molecule has 7 heteroatoms. The van der Waals surface area contributed by atoms with Gasteiger partial charge < -0.3 is 20.4 Å². The first kappa shape index (κ1) is 21.2. The van der Waals surface area contributed by atoms with Gasteiger partial charge in [0.05, 0.1) is 6.61 Å². The van der Waals surface area contributed by atoms with Gasteiger partial charge in [0.2, 0.25) is 0 Å². The average Bonchev–Trinajstić information content (AvgIpc) is 3.09. The fraction of sp³-hybridized carbons (Fsp3) is 0.545. The van der Waals surface area contributed by atoms with Gasteiger partial charge in [-0.25, -0.2) is 9.59 Å². The summed E-state index contributed by atoms with van der Waals surface area (Å²) >= 11 is 0. The first-order valence-electron chi connectivity index (χ1n) is 10.4. The Balaban J connectivity index is 2.00. The maximum atomic E-state index is 12.6. The zero-order valence-corrected chi connectivity index (χ0v) is 17.8. The Morgan fingerprint density at radius 2 is 2.00 bits per heavy atom. The molecule has 7 nitrogen and oxygen atoms in total. The zero-order chi connectivity index (χ0) is 21.1. The molecule has 0 aliphatic carbocycles. The first-order chi connectivity index (χ1) is 13.8. The smallest absolute Gasteiger partial charge is 0.329 e. The summed E-state index contributed by atoms with van der Waals surface area (Å²) in [5.41, 5.74) is 8.62. The van der Waals surface area contributed by atoms with Crippen LogP contribution in [0.3, 0.4) is 0 Å². The number of rotatable bonds is 6. The number of hydrogen-bond donors (Lipinski definition) is 2. The number of anilines is 1. The molecule has 1 aromatic carbocycles. The van der Waals surface area contributed by atoms with Crippen molar-refractivity contribution < 1.29 is 14.3 Å². The Kier molecular flexibility index (Phi) is 6.47. The predicted octanol–water partition coefficient (Wildman–Crippen LogP) is 3.45. The number of fused-ring (bicyclic) bond motifs is 1. The molecule has 1 atom stereocenters. The number of nitrogens with two attached hydrogens (primary N) is 1. The SMILES string of the molecule is CCOC(=O)C(C(C)C)N(C(N)=O)c1ccc2[nH]cc(C3CCN(C)CC3)c2c1. The molecule has 1 aliphatic heterocycles. The van der Waals surface area contributed by atoms with Crippen molar-refractivity contribution in [2.24, 2.45) is 11.7 Å². The number of carbonyl (C=O) groups is 2. The van der Waals surface area contributed by atoms with Gasteiger partial charge in [-0.3, -0.25) is 4.90 Å². The number of carbonyl (C=O) groups excluding carboxylic acids is 2. The molecule has 1 aromatic heterocycles. The van der Waals surface area contributed by atoms with Crippen molar-refractivity contribution in [1.82, 2.24) is 9.88 Å². The van der Waals surface area contributed by atoms with E-state index in [-0.39, 0.29) is 12.5 Å². The molecule has 29 heavy (non-hydrogen) atoms. The largest absolute Gasteiger partial charge is 0.464 e. The van der Waals surface area contributed by atoms with Crippen molar-refractivity contribution in [2.45, 2.75) is 45.6 Å². The van der Waals surface area contributed by atoms with E-state index >= 15 is 0 Å². The Hall–Kier alpha value is -2.54. The standard InChI is InChI=1S/C22H32N4O3/c1-5-29-21(27)20(14(2)3)26(22(23)28)16-6-7-19-17(12-16)18(13-24-19)15-8-10-25(4)11-9-15/h6-7,12-15,20,24H,5,8-11H2,1-4H3,(H2,23,28). The summed E-state index contributed by atoms with van der Waals surface area (Å²) in [6.07, 6.45) is 4.28. The number of piperidine rings is 1. The molecule has 2 amide bonds. The molecule has 1 fully saturated rings. The third kappa shape index (κ3) is 4.40. The van der Waals surface area contributed by atoms with Gasteiger partial charge in [-0.2, -0.15) is 0 Å². The van der Waals surface area contributed by atoms with Crippen molar-refractivity contribution in [3.8, 4) is 0 Å². The highest BCUT2D eigenvalue weighted by Crippen LogP contribution is 2.35. The van der Waals surface area contributed by atoms with Crippen molar-refractivity contribution in [2.75, 3.05) is 31.6 Å². The van der Waals surface area contributed by atoms with Crippen LogP contribution >= 0.6 is 0 Å². The second-order valence-electron chi connectivity index (χ2n) is 8.20. The zero-order valence-electron chi connectivity index (χ0n) is 17.8. The maximum absolute atomic E-state index is 12.6. The minimum atomic E-state index is -0.768. The highest BCUT2D eigenvalue weighted by Gasteiger charge is 2.34. The molecule has 3 rings (SSSR count). The van der Waals surface area contributed by atoms with E-state index in [0.717, 1.165) is 36.8 Å². The van der Waals surface area contributed by atoms with Crippen molar-refractivity contribution in [1.29, 1.82) is 0 Å². The lowest BCUT2D eigenvalue weighted by molar-refractivity contribution is -0.145. The van der Waals surface area contributed by atoms with E-state index < -0.39 is 18.0 Å². The summed E-state index contributed by atoms with van der Waals surface area (Å²) in [7, 11) is 2.15. The van der Waals surface area contributed by atoms with E-state index in [2.05, 4.69) is 23.1 Å². The number of ether oxygens (including phenoxy) is 1. The van der Waals surface area contributed by atoms with Gasteiger partial charge in [0.15, 0.2) is 0 Å². The molecule has 0 radical (unpaired) electrons. The lowest BCUT2D eigenvalue weighted by Crippen LogP contribution is -2.51. The summed E-state index contributed by atoms with van der Waals surface area (Å²) in [6.45, 7) is 7.92. The van der Waals surface area contributed by atoms with Crippen LogP contribution in [0.4, 0.5) is 10.5 Å². The van der Waals surface area contributed by atoms with E-state index in [1.165, 1.54) is 10.5 Å². The summed E-state index contributed by atoms with van der Waals surface area (Å²) in [6, 6.07) is 4.32.